The van der Waals surface area contributed by atoms with Gasteiger partial charge in [0, 0.05) is 19.3 Å². The van der Waals surface area contributed by atoms with Crippen LogP contribution in [0.1, 0.15) is 19.3 Å². The largest absolute Gasteiger partial charge is 0.384 e. The molecule has 4 nitrogen and oxygen atoms in total. The third-order valence-corrected chi connectivity index (χ3v) is 3.55. The van der Waals surface area contributed by atoms with Crippen molar-refractivity contribution < 1.29 is 0 Å². The summed E-state index contributed by atoms with van der Waals surface area (Å²) in [7, 11) is 0. The number of nitrogens with zero attached hydrogens (tertiary/aromatic N) is 3. The summed E-state index contributed by atoms with van der Waals surface area (Å²) in [6, 6.07) is 1.74. The van der Waals surface area contributed by atoms with E-state index in [1.807, 2.05) is 0 Å². The minimum absolute atomic E-state index is 0.568. The Bertz CT molecular complexity index is 353. The molecule has 0 radical (unpaired) electrons. The van der Waals surface area contributed by atoms with Gasteiger partial charge in [0.1, 0.15) is 5.82 Å². The average molecular weight is 204 g/mol. The first-order valence-corrected chi connectivity index (χ1v) is 5.65. The van der Waals surface area contributed by atoms with Crippen LogP contribution in [-0.4, -0.2) is 23.1 Å². The van der Waals surface area contributed by atoms with Crippen molar-refractivity contribution in [2.75, 3.05) is 23.7 Å². The minimum atomic E-state index is 0.568. The summed E-state index contributed by atoms with van der Waals surface area (Å²) in [5, 5.41) is 0. The maximum Gasteiger partial charge on any atom is 0.227 e. The normalized spacial score (nSPS) is 29.5. The van der Waals surface area contributed by atoms with E-state index in [0.29, 0.717) is 5.82 Å². The highest BCUT2D eigenvalue weighted by Gasteiger charge is 2.33. The Hall–Kier alpha value is -1.32. The Labute approximate surface area is 89.5 Å². The molecule has 1 aromatic rings. The van der Waals surface area contributed by atoms with Crippen LogP contribution >= 0.6 is 0 Å². The number of rotatable bonds is 1. The summed E-state index contributed by atoms with van der Waals surface area (Å²) in [5.41, 5.74) is 5.67. The molecule has 3 rings (SSSR count). The Balaban J connectivity index is 1.83. The smallest absolute Gasteiger partial charge is 0.227 e. The zero-order chi connectivity index (χ0) is 10.3. The number of fused-ring (bicyclic) bond motifs is 2. The third-order valence-electron chi connectivity index (χ3n) is 3.55. The molecule has 15 heavy (non-hydrogen) atoms. The summed E-state index contributed by atoms with van der Waals surface area (Å²) in [6.07, 6.45) is 5.90. The Kier molecular flexibility index (Phi) is 2.01. The van der Waals surface area contributed by atoms with E-state index >= 15 is 0 Å². The Morgan fingerprint density at radius 1 is 1.27 bits per heavy atom. The molecule has 2 fully saturated rings. The maximum absolute atomic E-state index is 5.67. The number of anilines is 2. The zero-order valence-electron chi connectivity index (χ0n) is 8.76. The first-order valence-electron chi connectivity index (χ1n) is 5.65. The number of aromatic nitrogens is 2. The second kappa shape index (κ2) is 3.36. The monoisotopic (exact) mass is 204 g/mol. The molecule has 0 spiro atoms. The lowest BCUT2D eigenvalue weighted by Crippen LogP contribution is -2.37. The molecule has 1 aromatic heterocycles. The van der Waals surface area contributed by atoms with Gasteiger partial charge in [-0.3, -0.25) is 0 Å². The van der Waals surface area contributed by atoms with Crippen LogP contribution in [0.2, 0.25) is 0 Å². The van der Waals surface area contributed by atoms with Gasteiger partial charge in [-0.25, -0.2) is 4.98 Å². The van der Waals surface area contributed by atoms with Crippen LogP contribution in [0.5, 0.6) is 0 Å². The quantitative estimate of drug-likeness (QED) is 0.749. The predicted molar refractivity (Wildman–Crippen MR) is 59.5 cm³/mol. The van der Waals surface area contributed by atoms with E-state index in [1.54, 1.807) is 12.3 Å². The molecule has 2 bridgehead atoms. The number of hydrogen-bond acceptors (Lipinski definition) is 4. The Morgan fingerprint density at radius 2 is 2.00 bits per heavy atom. The summed E-state index contributed by atoms with van der Waals surface area (Å²) in [6.45, 7) is 2.22. The molecular formula is C11H16N4. The van der Waals surface area contributed by atoms with E-state index in [0.717, 1.165) is 30.9 Å². The second-order valence-corrected chi connectivity index (χ2v) is 4.73. The van der Waals surface area contributed by atoms with Crippen molar-refractivity contribution in [1.82, 2.24) is 9.97 Å². The molecule has 1 aliphatic carbocycles. The molecule has 0 aromatic carbocycles. The van der Waals surface area contributed by atoms with Gasteiger partial charge in [-0.05, 0) is 37.2 Å². The fraction of sp³-hybridized carbons (Fsp3) is 0.636. The van der Waals surface area contributed by atoms with E-state index in [4.69, 9.17) is 5.73 Å². The van der Waals surface area contributed by atoms with Crippen molar-refractivity contribution in [3.8, 4) is 0 Å². The summed E-state index contributed by atoms with van der Waals surface area (Å²) >= 11 is 0. The van der Waals surface area contributed by atoms with Gasteiger partial charge in [0.05, 0.1) is 0 Å². The first-order chi connectivity index (χ1) is 7.31. The lowest BCUT2D eigenvalue weighted by atomic mass is 9.99. The zero-order valence-corrected chi connectivity index (χ0v) is 8.76. The van der Waals surface area contributed by atoms with Crippen LogP contribution < -0.4 is 10.6 Å². The van der Waals surface area contributed by atoms with E-state index in [9.17, 15) is 0 Å². The SMILES string of the molecule is Nc1ccnc(N2C[C@@H]3CC[C@@H](C3)C2)n1. The van der Waals surface area contributed by atoms with Gasteiger partial charge in [-0.1, -0.05) is 0 Å². The van der Waals surface area contributed by atoms with E-state index in [2.05, 4.69) is 14.9 Å². The van der Waals surface area contributed by atoms with Crippen molar-refractivity contribution >= 4 is 11.8 Å². The number of hydrogen-bond donors (Lipinski definition) is 1. The molecular weight excluding hydrogens is 188 g/mol. The van der Waals surface area contributed by atoms with E-state index < -0.39 is 0 Å². The third kappa shape index (κ3) is 1.64. The summed E-state index contributed by atoms with van der Waals surface area (Å²) in [5.74, 6) is 3.09. The molecule has 80 valence electrons. The van der Waals surface area contributed by atoms with Gasteiger partial charge in [0.15, 0.2) is 0 Å². The highest BCUT2D eigenvalue weighted by atomic mass is 15.3. The standard InChI is InChI=1S/C11H16N4/c12-10-3-4-13-11(14-10)15-6-8-1-2-9(5-8)7-15/h3-4,8-9H,1-2,5-7H2,(H2,12,13,14)/t8-,9+. The molecule has 1 saturated heterocycles. The van der Waals surface area contributed by atoms with Crippen LogP contribution in [0.4, 0.5) is 11.8 Å². The first kappa shape index (κ1) is 8.95. The lowest BCUT2D eigenvalue weighted by molar-refractivity contribution is 0.417. The molecule has 0 unspecified atom stereocenters. The van der Waals surface area contributed by atoms with Crippen molar-refractivity contribution in [3.05, 3.63) is 12.3 Å². The lowest BCUT2D eigenvalue weighted by Gasteiger charge is -2.31. The van der Waals surface area contributed by atoms with Gasteiger partial charge in [-0.2, -0.15) is 4.98 Å². The summed E-state index contributed by atoms with van der Waals surface area (Å²) < 4.78 is 0. The van der Waals surface area contributed by atoms with Gasteiger partial charge in [0.25, 0.3) is 0 Å². The topological polar surface area (TPSA) is 55.0 Å². The van der Waals surface area contributed by atoms with Gasteiger partial charge in [-0.15, -0.1) is 0 Å². The summed E-state index contributed by atoms with van der Waals surface area (Å²) in [4.78, 5) is 10.9. The number of nitrogen functional groups attached to an aromatic ring is 1. The van der Waals surface area contributed by atoms with Crippen molar-refractivity contribution in [1.29, 1.82) is 0 Å². The maximum atomic E-state index is 5.67. The predicted octanol–water partition coefficient (Wildman–Crippen LogP) is 1.30. The van der Waals surface area contributed by atoms with Crippen LogP contribution in [0, 0.1) is 11.8 Å². The van der Waals surface area contributed by atoms with E-state index in [1.165, 1.54) is 19.3 Å². The van der Waals surface area contributed by atoms with Crippen LogP contribution in [-0.2, 0) is 0 Å². The second-order valence-electron chi connectivity index (χ2n) is 4.73. The number of piperidine rings is 1. The highest BCUT2D eigenvalue weighted by Crippen LogP contribution is 2.37. The van der Waals surface area contributed by atoms with Crippen molar-refractivity contribution in [3.63, 3.8) is 0 Å². The molecule has 2 aliphatic rings. The molecule has 2 atom stereocenters. The van der Waals surface area contributed by atoms with Gasteiger partial charge >= 0.3 is 0 Å². The highest BCUT2D eigenvalue weighted by molar-refractivity contribution is 5.38. The molecule has 1 aliphatic heterocycles. The van der Waals surface area contributed by atoms with Gasteiger partial charge in [0.2, 0.25) is 5.95 Å². The Morgan fingerprint density at radius 3 is 2.67 bits per heavy atom. The van der Waals surface area contributed by atoms with E-state index in [-0.39, 0.29) is 0 Å². The average Bonchev–Trinajstić information content (AvgIpc) is 2.58. The molecule has 4 heteroatoms. The molecule has 2 N–H and O–H groups in total. The van der Waals surface area contributed by atoms with Gasteiger partial charge < -0.3 is 10.6 Å². The fourth-order valence-corrected chi connectivity index (χ4v) is 2.89. The van der Waals surface area contributed by atoms with Crippen molar-refractivity contribution in [2.24, 2.45) is 11.8 Å². The van der Waals surface area contributed by atoms with Crippen molar-refractivity contribution in [2.45, 2.75) is 19.3 Å². The number of nitrogens with two attached hydrogens (primary N) is 1. The van der Waals surface area contributed by atoms with Crippen LogP contribution in [0.25, 0.3) is 0 Å². The molecule has 1 saturated carbocycles. The van der Waals surface area contributed by atoms with Crippen LogP contribution in [0.3, 0.4) is 0 Å². The molecule has 2 heterocycles. The minimum Gasteiger partial charge on any atom is -0.384 e. The molecule has 0 amide bonds. The fourth-order valence-electron chi connectivity index (χ4n) is 2.89. The van der Waals surface area contributed by atoms with Crippen LogP contribution in [0.15, 0.2) is 12.3 Å².